The molecule has 5 nitrogen and oxygen atoms in total. The number of nitrogens with one attached hydrogen (secondary N) is 1. The molecular formula is C15H15NO4S. The Morgan fingerprint density at radius 2 is 2.00 bits per heavy atom. The number of carboxylic acids is 1. The summed E-state index contributed by atoms with van der Waals surface area (Å²) in [5, 5.41) is 21.7. The number of hydrogen-bond donors (Lipinski definition) is 3. The molecule has 0 aliphatic rings. The molecule has 0 fully saturated rings. The number of aryl methyl sites for hydroxylation is 1. The summed E-state index contributed by atoms with van der Waals surface area (Å²) < 4.78 is 0. The van der Waals surface area contributed by atoms with Gasteiger partial charge in [-0.2, -0.15) is 0 Å². The first kappa shape index (κ1) is 15.1. The van der Waals surface area contributed by atoms with Crippen molar-refractivity contribution < 1.29 is 19.8 Å². The van der Waals surface area contributed by atoms with Crippen LogP contribution in [0.5, 0.6) is 5.75 Å². The Morgan fingerprint density at radius 1 is 1.29 bits per heavy atom. The van der Waals surface area contributed by atoms with Crippen LogP contribution in [0.1, 0.15) is 27.7 Å². The van der Waals surface area contributed by atoms with Gasteiger partial charge in [-0.05, 0) is 18.6 Å². The molecule has 0 spiro atoms. The van der Waals surface area contributed by atoms with E-state index in [1.165, 1.54) is 17.4 Å². The van der Waals surface area contributed by atoms with Crippen molar-refractivity contribution in [2.45, 2.75) is 19.8 Å². The number of phenols is 1. The van der Waals surface area contributed by atoms with Gasteiger partial charge in [0.05, 0.1) is 12.0 Å². The number of para-hydroxylation sites is 1. The standard InChI is InChI=1S/C15H15NO4S/c1-2-10-8-11(15(19)20)14(21-10)16-13(18)7-9-5-3-4-6-12(9)17/h3-6,8,17H,2,7H2,1H3,(H,16,18)(H,19,20). The molecule has 110 valence electrons. The predicted molar refractivity (Wildman–Crippen MR) is 81.1 cm³/mol. The number of phenolic OH excluding ortho intramolecular Hbond substituents is 1. The molecule has 2 rings (SSSR count). The molecule has 1 heterocycles. The molecule has 2 aromatic rings. The summed E-state index contributed by atoms with van der Waals surface area (Å²) in [7, 11) is 0. The number of benzene rings is 1. The highest BCUT2D eigenvalue weighted by atomic mass is 32.1. The Balaban J connectivity index is 2.14. The molecule has 0 bridgehead atoms. The van der Waals surface area contributed by atoms with E-state index in [1.54, 1.807) is 24.3 Å². The fraction of sp³-hybridized carbons (Fsp3) is 0.200. The Kier molecular flexibility index (Phi) is 4.59. The second-order valence-electron chi connectivity index (χ2n) is 4.47. The molecule has 0 atom stereocenters. The quantitative estimate of drug-likeness (QED) is 0.792. The lowest BCUT2D eigenvalue weighted by Crippen LogP contribution is -2.15. The zero-order valence-electron chi connectivity index (χ0n) is 11.4. The molecule has 0 aliphatic heterocycles. The topological polar surface area (TPSA) is 86.6 Å². The minimum absolute atomic E-state index is 0.00884. The Labute approximate surface area is 125 Å². The Bertz CT molecular complexity index is 678. The van der Waals surface area contributed by atoms with Gasteiger partial charge in [-0.1, -0.05) is 25.1 Å². The summed E-state index contributed by atoms with van der Waals surface area (Å²) in [5.41, 5.74) is 0.599. The van der Waals surface area contributed by atoms with Gasteiger partial charge in [0.25, 0.3) is 0 Å². The first-order valence-corrected chi connectivity index (χ1v) is 7.25. The van der Waals surface area contributed by atoms with Crippen molar-refractivity contribution in [1.82, 2.24) is 0 Å². The number of aromatic hydroxyl groups is 1. The maximum atomic E-state index is 12.0. The third-order valence-corrected chi connectivity index (χ3v) is 4.15. The third-order valence-electron chi connectivity index (χ3n) is 2.96. The van der Waals surface area contributed by atoms with Gasteiger partial charge < -0.3 is 15.5 Å². The highest BCUT2D eigenvalue weighted by Gasteiger charge is 2.17. The molecule has 6 heteroatoms. The number of carbonyl (C=O) groups is 2. The number of amides is 1. The molecule has 0 saturated carbocycles. The van der Waals surface area contributed by atoms with Crippen LogP contribution in [0.15, 0.2) is 30.3 Å². The van der Waals surface area contributed by atoms with Crippen molar-refractivity contribution in [2.75, 3.05) is 5.32 Å². The van der Waals surface area contributed by atoms with E-state index in [4.69, 9.17) is 5.11 Å². The highest BCUT2D eigenvalue weighted by Crippen LogP contribution is 2.29. The summed E-state index contributed by atoms with van der Waals surface area (Å²) in [5.74, 6) is -1.38. The van der Waals surface area contributed by atoms with E-state index in [9.17, 15) is 14.7 Å². The van der Waals surface area contributed by atoms with Crippen molar-refractivity contribution in [3.63, 3.8) is 0 Å². The maximum absolute atomic E-state index is 12.0. The zero-order valence-corrected chi connectivity index (χ0v) is 12.2. The van der Waals surface area contributed by atoms with Crippen molar-refractivity contribution in [2.24, 2.45) is 0 Å². The number of rotatable bonds is 5. The van der Waals surface area contributed by atoms with E-state index in [2.05, 4.69) is 5.32 Å². The van der Waals surface area contributed by atoms with Crippen molar-refractivity contribution >= 4 is 28.2 Å². The van der Waals surface area contributed by atoms with Crippen LogP contribution in [0.3, 0.4) is 0 Å². The van der Waals surface area contributed by atoms with Crippen LogP contribution >= 0.6 is 11.3 Å². The molecule has 3 N–H and O–H groups in total. The van der Waals surface area contributed by atoms with Gasteiger partial charge in [0.2, 0.25) is 5.91 Å². The largest absolute Gasteiger partial charge is 0.508 e. The van der Waals surface area contributed by atoms with Gasteiger partial charge in [-0.3, -0.25) is 4.79 Å². The van der Waals surface area contributed by atoms with Gasteiger partial charge in [0.1, 0.15) is 10.8 Å². The first-order chi connectivity index (χ1) is 10.0. The maximum Gasteiger partial charge on any atom is 0.338 e. The average Bonchev–Trinajstić information content (AvgIpc) is 2.84. The number of carboxylic acid groups (broad SMARTS) is 1. The van der Waals surface area contributed by atoms with E-state index in [-0.39, 0.29) is 23.6 Å². The van der Waals surface area contributed by atoms with Crippen molar-refractivity contribution in [3.05, 3.63) is 46.3 Å². The summed E-state index contributed by atoms with van der Waals surface area (Å²) in [4.78, 5) is 24.1. The fourth-order valence-electron chi connectivity index (χ4n) is 1.87. The molecule has 1 aromatic heterocycles. The lowest BCUT2D eigenvalue weighted by Gasteiger charge is -2.05. The lowest BCUT2D eigenvalue weighted by atomic mass is 10.1. The predicted octanol–water partition coefficient (Wildman–Crippen LogP) is 2.90. The summed E-state index contributed by atoms with van der Waals surface area (Å²) in [6.45, 7) is 1.92. The molecule has 0 saturated heterocycles. The zero-order chi connectivity index (χ0) is 15.4. The van der Waals surface area contributed by atoms with Crippen LogP contribution in [0, 0.1) is 0 Å². The Morgan fingerprint density at radius 3 is 2.62 bits per heavy atom. The van der Waals surface area contributed by atoms with Crippen LogP contribution < -0.4 is 5.32 Å². The van der Waals surface area contributed by atoms with E-state index in [0.717, 1.165) is 4.88 Å². The second-order valence-corrected chi connectivity index (χ2v) is 5.60. The minimum atomic E-state index is -1.07. The number of carbonyl (C=O) groups excluding carboxylic acids is 1. The summed E-state index contributed by atoms with van der Waals surface area (Å²) in [6, 6.07) is 8.13. The lowest BCUT2D eigenvalue weighted by molar-refractivity contribution is -0.115. The molecular weight excluding hydrogens is 290 g/mol. The fourth-order valence-corrected chi connectivity index (χ4v) is 2.88. The van der Waals surface area contributed by atoms with Gasteiger partial charge in [-0.15, -0.1) is 11.3 Å². The van der Waals surface area contributed by atoms with Crippen LogP contribution in [-0.2, 0) is 17.6 Å². The summed E-state index contributed by atoms with van der Waals surface area (Å²) in [6.07, 6.45) is 0.700. The Hall–Kier alpha value is -2.34. The first-order valence-electron chi connectivity index (χ1n) is 6.44. The molecule has 21 heavy (non-hydrogen) atoms. The number of aromatic carboxylic acids is 1. The van der Waals surface area contributed by atoms with E-state index in [0.29, 0.717) is 17.0 Å². The average molecular weight is 305 g/mol. The minimum Gasteiger partial charge on any atom is -0.508 e. The van der Waals surface area contributed by atoms with Crippen LogP contribution in [0.25, 0.3) is 0 Å². The van der Waals surface area contributed by atoms with Gasteiger partial charge >= 0.3 is 5.97 Å². The van der Waals surface area contributed by atoms with E-state index < -0.39 is 5.97 Å². The SMILES string of the molecule is CCc1cc(C(=O)O)c(NC(=O)Cc2ccccc2O)s1. The van der Waals surface area contributed by atoms with Crippen LogP contribution in [0.4, 0.5) is 5.00 Å². The number of hydrogen-bond acceptors (Lipinski definition) is 4. The van der Waals surface area contributed by atoms with Gasteiger partial charge in [-0.25, -0.2) is 4.79 Å². The monoisotopic (exact) mass is 305 g/mol. The van der Waals surface area contributed by atoms with Gasteiger partial charge in [0, 0.05) is 10.4 Å². The normalized spacial score (nSPS) is 10.3. The molecule has 1 aromatic carbocycles. The van der Waals surface area contributed by atoms with E-state index >= 15 is 0 Å². The van der Waals surface area contributed by atoms with Gasteiger partial charge in [0.15, 0.2) is 0 Å². The molecule has 0 aliphatic carbocycles. The van der Waals surface area contributed by atoms with Crippen LogP contribution in [0.2, 0.25) is 0 Å². The van der Waals surface area contributed by atoms with E-state index in [1.807, 2.05) is 6.92 Å². The number of thiophene rings is 1. The van der Waals surface area contributed by atoms with Crippen molar-refractivity contribution in [3.8, 4) is 5.75 Å². The third kappa shape index (κ3) is 3.61. The second kappa shape index (κ2) is 6.41. The molecule has 0 unspecified atom stereocenters. The highest BCUT2D eigenvalue weighted by molar-refractivity contribution is 7.16. The molecule has 1 amide bonds. The smallest absolute Gasteiger partial charge is 0.338 e. The molecule has 0 radical (unpaired) electrons. The van der Waals surface area contributed by atoms with Crippen LogP contribution in [-0.4, -0.2) is 22.1 Å². The number of anilines is 1. The van der Waals surface area contributed by atoms with Crippen molar-refractivity contribution in [1.29, 1.82) is 0 Å². The summed E-state index contributed by atoms with van der Waals surface area (Å²) >= 11 is 1.26.